The molecule has 0 aliphatic heterocycles. The van der Waals surface area contributed by atoms with E-state index in [-0.39, 0.29) is 5.95 Å². The highest BCUT2D eigenvalue weighted by molar-refractivity contribution is 5.82. The van der Waals surface area contributed by atoms with E-state index in [0.29, 0.717) is 35.4 Å². The number of hydrogen-bond donors (Lipinski definition) is 1. The molecule has 142 valence electrons. The van der Waals surface area contributed by atoms with Crippen LogP contribution in [0.3, 0.4) is 0 Å². The molecule has 0 unspecified atom stereocenters. The molecule has 2 rings (SSSR count). The summed E-state index contributed by atoms with van der Waals surface area (Å²) >= 11 is 0. The Morgan fingerprint density at radius 2 is 2.07 bits per heavy atom. The molecule has 7 heteroatoms. The van der Waals surface area contributed by atoms with Crippen LogP contribution in [0.1, 0.15) is 32.8 Å². The molecule has 0 radical (unpaired) electrons. The number of hydrogen-bond acceptors (Lipinski definition) is 6. The number of aromatic nitrogens is 2. The molecule has 1 aromatic heterocycles. The Labute approximate surface area is 159 Å². The Kier molecular flexibility index (Phi) is 7.12. The quantitative estimate of drug-likeness (QED) is 0.784. The molecule has 0 bridgehead atoms. The summed E-state index contributed by atoms with van der Waals surface area (Å²) in [6, 6.07) is 9.18. The minimum absolute atomic E-state index is 0.126. The second kappa shape index (κ2) is 9.53. The van der Waals surface area contributed by atoms with Crippen molar-refractivity contribution in [3.05, 3.63) is 36.0 Å². The minimum atomic E-state index is -0.649. The standard InChI is InChI=1S/C20H24N4O3/c1-13(2)9-14(3)12-27-18-6-5-15(10-16(18)11-21)17-7-8-22-19(23-17)24-20(25)26-4/h5-8,10,13-14H,9,12H2,1-4H3,(H,22,23,24,25)/t14-/m1/s1. The number of amides is 1. The topological polar surface area (TPSA) is 97.1 Å². The monoisotopic (exact) mass is 368 g/mol. The van der Waals surface area contributed by atoms with Crippen LogP contribution in [0.25, 0.3) is 11.3 Å². The highest BCUT2D eigenvalue weighted by Gasteiger charge is 2.12. The first kappa shape index (κ1) is 20.2. The maximum atomic E-state index is 11.3. The number of carbonyl (C=O) groups is 1. The molecule has 1 N–H and O–H groups in total. The maximum Gasteiger partial charge on any atom is 0.413 e. The number of anilines is 1. The molecule has 0 aliphatic rings. The van der Waals surface area contributed by atoms with E-state index in [2.05, 4.69) is 46.9 Å². The van der Waals surface area contributed by atoms with E-state index >= 15 is 0 Å². The second-order valence-electron chi connectivity index (χ2n) is 6.75. The molecular formula is C20H24N4O3. The molecule has 1 aromatic carbocycles. The van der Waals surface area contributed by atoms with Crippen LogP contribution in [0.2, 0.25) is 0 Å². The van der Waals surface area contributed by atoms with E-state index in [1.165, 1.54) is 13.3 Å². The van der Waals surface area contributed by atoms with Gasteiger partial charge in [-0.05, 0) is 42.5 Å². The molecule has 1 amide bonds. The fraction of sp³-hybridized carbons (Fsp3) is 0.400. The van der Waals surface area contributed by atoms with Crippen molar-refractivity contribution >= 4 is 12.0 Å². The van der Waals surface area contributed by atoms with Crippen LogP contribution in [-0.4, -0.2) is 29.8 Å². The maximum absolute atomic E-state index is 11.3. The number of ether oxygens (including phenoxy) is 2. The minimum Gasteiger partial charge on any atom is -0.492 e. The van der Waals surface area contributed by atoms with Gasteiger partial charge in [0.05, 0.1) is 25.0 Å². The number of nitrogens with zero attached hydrogens (tertiary/aromatic N) is 3. The fourth-order valence-electron chi connectivity index (χ4n) is 2.73. The Bertz CT molecular complexity index is 830. The van der Waals surface area contributed by atoms with Crippen molar-refractivity contribution in [3.63, 3.8) is 0 Å². The summed E-state index contributed by atoms with van der Waals surface area (Å²) in [6.07, 6.45) is 1.94. The number of methoxy groups -OCH3 is 1. The third kappa shape index (κ3) is 5.96. The third-order valence-corrected chi connectivity index (χ3v) is 3.85. The van der Waals surface area contributed by atoms with Crippen molar-refractivity contribution in [1.82, 2.24) is 9.97 Å². The van der Waals surface area contributed by atoms with Crippen LogP contribution in [-0.2, 0) is 4.74 Å². The molecule has 0 saturated carbocycles. The zero-order valence-corrected chi connectivity index (χ0v) is 16.0. The van der Waals surface area contributed by atoms with Crippen molar-refractivity contribution in [3.8, 4) is 23.1 Å². The Balaban J connectivity index is 2.17. The van der Waals surface area contributed by atoms with Crippen LogP contribution >= 0.6 is 0 Å². The summed E-state index contributed by atoms with van der Waals surface area (Å²) in [4.78, 5) is 19.5. The van der Waals surface area contributed by atoms with Crippen LogP contribution < -0.4 is 10.1 Å². The van der Waals surface area contributed by atoms with Gasteiger partial charge in [0.1, 0.15) is 11.8 Å². The smallest absolute Gasteiger partial charge is 0.413 e. The Morgan fingerprint density at radius 1 is 1.30 bits per heavy atom. The SMILES string of the molecule is COC(=O)Nc1nccc(-c2ccc(OC[C@H](C)CC(C)C)c(C#N)c2)n1. The van der Waals surface area contributed by atoms with Gasteiger partial charge in [-0.1, -0.05) is 20.8 Å². The van der Waals surface area contributed by atoms with E-state index in [1.54, 1.807) is 18.2 Å². The van der Waals surface area contributed by atoms with E-state index in [4.69, 9.17) is 4.74 Å². The van der Waals surface area contributed by atoms with E-state index in [0.717, 1.165) is 12.0 Å². The van der Waals surface area contributed by atoms with Crippen molar-refractivity contribution < 1.29 is 14.3 Å². The van der Waals surface area contributed by atoms with Crippen LogP contribution in [0, 0.1) is 23.2 Å². The molecule has 0 spiro atoms. The van der Waals surface area contributed by atoms with Gasteiger partial charge in [0, 0.05) is 11.8 Å². The first-order chi connectivity index (χ1) is 12.9. The van der Waals surface area contributed by atoms with Crippen molar-refractivity contribution in [2.75, 3.05) is 19.0 Å². The first-order valence-electron chi connectivity index (χ1n) is 8.78. The number of carbonyl (C=O) groups excluding carboxylic acids is 1. The van der Waals surface area contributed by atoms with Crippen molar-refractivity contribution in [1.29, 1.82) is 5.26 Å². The summed E-state index contributed by atoms with van der Waals surface area (Å²) in [5.41, 5.74) is 1.74. The van der Waals surface area contributed by atoms with Crippen molar-refractivity contribution in [2.45, 2.75) is 27.2 Å². The summed E-state index contributed by atoms with van der Waals surface area (Å²) in [7, 11) is 1.26. The summed E-state index contributed by atoms with van der Waals surface area (Å²) < 4.78 is 10.4. The average Bonchev–Trinajstić information content (AvgIpc) is 2.65. The van der Waals surface area contributed by atoms with Gasteiger partial charge < -0.3 is 9.47 Å². The molecule has 0 aliphatic carbocycles. The lowest BCUT2D eigenvalue weighted by molar-refractivity contribution is 0.186. The molecule has 1 atom stereocenters. The summed E-state index contributed by atoms with van der Waals surface area (Å²) in [5, 5.41) is 11.9. The van der Waals surface area contributed by atoms with Gasteiger partial charge in [-0.25, -0.2) is 14.8 Å². The highest BCUT2D eigenvalue weighted by Crippen LogP contribution is 2.26. The molecule has 2 aromatic rings. The van der Waals surface area contributed by atoms with Gasteiger partial charge in [0.2, 0.25) is 5.95 Å². The lowest BCUT2D eigenvalue weighted by Crippen LogP contribution is -2.13. The number of benzene rings is 1. The van der Waals surface area contributed by atoms with Gasteiger partial charge in [-0.15, -0.1) is 0 Å². The predicted molar refractivity (Wildman–Crippen MR) is 102 cm³/mol. The Hall–Kier alpha value is -3.14. The molecule has 27 heavy (non-hydrogen) atoms. The number of rotatable bonds is 7. The van der Waals surface area contributed by atoms with Crippen LogP contribution in [0.4, 0.5) is 10.7 Å². The number of nitriles is 1. The average molecular weight is 368 g/mol. The van der Waals surface area contributed by atoms with Gasteiger partial charge >= 0.3 is 6.09 Å². The lowest BCUT2D eigenvalue weighted by atomic mass is 10.00. The zero-order chi connectivity index (χ0) is 19.8. The fourth-order valence-corrected chi connectivity index (χ4v) is 2.73. The predicted octanol–water partition coefficient (Wildman–Crippen LogP) is 4.25. The van der Waals surface area contributed by atoms with Crippen LogP contribution in [0.15, 0.2) is 30.5 Å². The first-order valence-corrected chi connectivity index (χ1v) is 8.78. The van der Waals surface area contributed by atoms with Crippen LogP contribution in [0.5, 0.6) is 5.75 Å². The summed E-state index contributed by atoms with van der Waals surface area (Å²) in [5.74, 6) is 1.69. The molecule has 0 fully saturated rings. The van der Waals surface area contributed by atoms with Gasteiger partial charge in [-0.2, -0.15) is 5.26 Å². The number of nitrogens with one attached hydrogen (secondary N) is 1. The van der Waals surface area contributed by atoms with Gasteiger partial charge in [-0.3, -0.25) is 5.32 Å². The normalized spacial score (nSPS) is 11.6. The second-order valence-corrected chi connectivity index (χ2v) is 6.75. The summed E-state index contributed by atoms with van der Waals surface area (Å²) in [6.45, 7) is 7.05. The molecule has 7 nitrogen and oxygen atoms in total. The molecule has 0 saturated heterocycles. The van der Waals surface area contributed by atoms with E-state index < -0.39 is 6.09 Å². The van der Waals surface area contributed by atoms with Crippen molar-refractivity contribution in [2.24, 2.45) is 11.8 Å². The largest absolute Gasteiger partial charge is 0.492 e. The zero-order valence-electron chi connectivity index (χ0n) is 16.0. The van der Waals surface area contributed by atoms with E-state index in [1.807, 2.05) is 6.07 Å². The van der Waals surface area contributed by atoms with Gasteiger partial charge in [0.15, 0.2) is 0 Å². The molecule has 1 heterocycles. The Morgan fingerprint density at radius 3 is 2.74 bits per heavy atom. The third-order valence-electron chi connectivity index (χ3n) is 3.85. The highest BCUT2D eigenvalue weighted by atomic mass is 16.5. The van der Waals surface area contributed by atoms with E-state index in [9.17, 15) is 10.1 Å². The molecular weight excluding hydrogens is 344 g/mol. The van der Waals surface area contributed by atoms with Gasteiger partial charge in [0.25, 0.3) is 0 Å². The lowest BCUT2D eigenvalue weighted by Gasteiger charge is -2.16.